The van der Waals surface area contributed by atoms with Crippen molar-refractivity contribution in [2.24, 2.45) is 7.05 Å². The summed E-state index contributed by atoms with van der Waals surface area (Å²) in [5.41, 5.74) is 5.30. The molecule has 120 valence electrons. The second-order valence-corrected chi connectivity index (χ2v) is 6.90. The Hall–Kier alpha value is -1.57. The normalized spacial score (nSPS) is 13.9. The zero-order valence-corrected chi connectivity index (χ0v) is 13.8. The van der Waals surface area contributed by atoms with Crippen LogP contribution in [0, 0.1) is 0 Å². The fourth-order valence-electron chi connectivity index (χ4n) is 1.84. The quantitative estimate of drug-likeness (QED) is 0.744. The van der Waals surface area contributed by atoms with Crippen molar-refractivity contribution in [2.45, 2.75) is 38.5 Å². The summed E-state index contributed by atoms with van der Waals surface area (Å²) in [6.45, 7) is 4.66. The molecule has 0 bridgehead atoms. The van der Waals surface area contributed by atoms with Crippen molar-refractivity contribution in [1.29, 1.82) is 0 Å². The molecule has 0 aliphatic carbocycles. The van der Waals surface area contributed by atoms with E-state index in [1.807, 2.05) is 13.8 Å². The molecule has 0 spiro atoms. The predicted molar refractivity (Wildman–Crippen MR) is 87.3 cm³/mol. The molecule has 1 heterocycles. The van der Waals surface area contributed by atoms with Crippen LogP contribution in [0.4, 0.5) is 11.5 Å². The van der Waals surface area contributed by atoms with Crippen molar-refractivity contribution in [3.05, 3.63) is 20.8 Å². The molecular weight excluding hydrogens is 292 g/mol. The first-order valence-corrected chi connectivity index (χ1v) is 8.58. The number of rotatable bonds is 7. The molecule has 1 rings (SSSR count). The number of nitrogens with two attached hydrogens (primary N) is 1. The Bertz CT molecular complexity index is 636. The summed E-state index contributed by atoms with van der Waals surface area (Å²) in [6.07, 6.45) is 3.33. The third-order valence-corrected chi connectivity index (χ3v) is 4.75. The van der Waals surface area contributed by atoms with E-state index in [0.717, 1.165) is 17.4 Å². The number of aromatic nitrogens is 2. The van der Waals surface area contributed by atoms with Crippen LogP contribution in [0.5, 0.6) is 0 Å². The van der Waals surface area contributed by atoms with Gasteiger partial charge in [0, 0.05) is 42.4 Å². The number of nitrogens with zero attached hydrogens (tertiary/aromatic N) is 2. The number of anilines is 2. The van der Waals surface area contributed by atoms with Gasteiger partial charge >= 0.3 is 5.69 Å². The van der Waals surface area contributed by atoms with Crippen molar-refractivity contribution >= 4 is 22.3 Å². The topological polar surface area (TPSA) is 99.1 Å². The van der Waals surface area contributed by atoms with Gasteiger partial charge in [-0.05, 0) is 13.3 Å². The molecule has 8 heteroatoms. The lowest BCUT2D eigenvalue weighted by atomic mass is 10.3. The van der Waals surface area contributed by atoms with Crippen LogP contribution in [0.2, 0.25) is 0 Å². The summed E-state index contributed by atoms with van der Waals surface area (Å²) in [4.78, 5) is 24.2. The highest BCUT2D eigenvalue weighted by molar-refractivity contribution is 7.84. The molecule has 0 aliphatic rings. The van der Waals surface area contributed by atoms with Crippen LogP contribution >= 0.6 is 0 Å². The lowest BCUT2D eigenvalue weighted by molar-refractivity contribution is 0.575. The first kappa shape index (κ1) is 17.5. The summed E-state index contributed by atoms with van der Waals surface area (Å²) in [5.74, 6) is 0.144. The molecule has 21 heavy (non-hydrogen) atoms. The molecule has 0 fully saturated rings. The van der Waals surface area contributed by atoms with Crippen molar-refractivity contribution < 1.29 is 4.21 Å². The predicted octanol–water partition coefficient (Wildman–Crippen LogP) is 0.108. The van der Waals surface area contributed by atoms with Gasteiger partial charge in [0.1, 0.15) is 11.5 Å². The highest BCUT2D eigenvalue weighted by atomic mass is 32.2. The van der Waals surface area contributed by atoms with Gasteiger partial charge in [0.2, 0.25) is 0 Å². The Labute approximate surface area is 126 Å². The minimum Gasteiger partial charge on any atom is -0.383 e. The maximum Gasteiger partial charge on any atom is 0.332 e. The second-order valence-electron chi connectivity index (χ2n) is 5.10. The van der Waals surface area contributed by atoms with E-state index in [2.05, 4.69) is 5.32 Å². The molecule has 0 amide bonds. The summed E-state index contributed by atoms with van der Waals surface area (Å²) in [7, 11) is 0.432. The molecule has 0 aromatic carbocycles. The molecule has 1 aromatic heterocycles. The number of nitrogens with one attached hydrogen (secondary N) is 1. The van der Waals surface area contributed by atoms with Gasteiger partial charge in [0.25, 0.3) is 5.56 Å². The van der Waals surface area contributed by atoms with Gasteiger partial charge < -0.3 is 11.1 Å². The maximum atomic E-state index is 12.2. The summed E-state index contributed by atoms with van der Waals surface area (Å²) >= 11 is 0. The number of unbranched alkanes of at least 4 members (excludes halogenated alkanes) is 1. The molecule has 0 saturated carbocycles. The molecule has 2 atom stereocenters. The molecule has 0 aliphatic heterocycles. The zero-order valence-electron chi connectivity index (χ0n) is 13.0. The molecule has 2 unspecified atom stereocenters. The largest absolute Gasteiger partial charge is 0.383 e. The third-order valence-electron chi connectivity index (χ3n) is 3.45. The monoisotopic (exact) mass is 316 g/mol. The minimum absolute atomic E-state index is 0.120. The van der Waals surface area contributed by atoms with Crippen molar-refractivity contribution in [3.63, 3.8) is 0 Å². The maximum absolute atomic E-state index is 12.2. The van der Waals surface area contributed by atoms with Crippen LogP contribution in [0.1, 0.15) is 26.7 Å². The van der Waals surface area contributed by atoms with E-state index in [4.69, 9.17) is 5.73 Å². The van der Waals surface area contributed by atoms with Crippen LogP contribution < -0.4 is 22.3 Å². The summed E-state index contributed by atoms with van der Waals surface area (Å²) in [6, 6.07) is 0. The fourth-order valence-corrected chi connectivity index (χ4v) is 2.16. The van der Waals surface area contributed by atoms with Gasteiger partial charge in [-0.1, -0.05) is 13.3 Å². The molecule has 0 saturated heterocycles. The van der Waals surface area contributed by atoms with Crippen LogP contribution in [-0.4, -0.2) is 31.4 Å². The Morgan fingerprint density at radius 2 is 2.00 bits per heavy atom. The summed E-state index contributed by atoms with van der Waals surface area (Å²) in [5, 5.41) is 2.82. The Balaban J connectivity index is 3.19. The van der Waals surface area contributed by atoms with Crippen LogP contribution in [0.25, 0.3) is 0 Å². The standard InChI is InChI=1S/C13H24N4O3S/c1-5-6-7-17-11(14)10(12(18)16(3)13(17)19)15-8-9(2)21(4)20/h9,15H,5-8,14H2,1-4H3. The van der Waals surface area contributed by atoms with Gasteiger partial charge in [0.05, 0.1) is 0 Å². The molecule has 1 aromatic rings. The summed E-state index contributed by atoms with van der Waals surface area (Å²) < 4.78 is 13.8. The van der Waals surface area contributed by atoms with Crippen molar-refractivity contribution in [1.82, 2.24) is 9.13 Å². The van der Waals surface area contributed by atoms with Gasteiger partial charge in [-0.2, -0.15) is 0 Å². The van der Waals surface area contributed by atoms with Gasteiger partial charge in [0.15, 0.2) is 0 Å². The smallest absolute Gasteiger partial charge is 0.332 e. The van der Waals surface area contributed by atoms with Crippen LogP contribution in [0.15, 0.2) is 9.59 Å². The van der Waals surface area contributed by atoms with E-state index in [1.165, 1.54) is 11.6 Å². The first-order chi connectivity index (χ1) is 9.81. The Morgan fingerprint density at radius 1 is 1.38 bits per heavy atom. The molecule has 3 N–H and O–H groups in total. The van der Waals surface area contributed by atoms with Gasteiger partial charge in [-0.3, -0.25) is 18.1 Å². The van der Waals surface area contributed by atoms with Gasteiger partial charge in [-0.25, -0.2) is 4.79 Å². The number of hydrogen-bond donors (Lipinski definition) is 2. The second kappa shape index (κ2) is 7.44. The molecular formula is C13H24N4O3S. The Morgan fingerprint density at radius 3 is 2.52 bits per heavy atom. The average Bonchev–Trinajstić information content (AvgIpc) is 2.44. The van der Waals surface area contributed by atoms with E-state index in [1.54, 1.807) is 6.26 Å². The van der Waals surface area contributed by atoms with E-state index >= 15 is 0 Å². The first-order valence-electron chi connectivity index (χ1n) is 6.96. The molecule has 7 nitrogen and oxygen atoms in total. The fraction of sp³-hybridized carbons (Fsp3) is 0.692. The Kier molecular flexibility index (Phi) is 6.19. The van der Waals surface area contributed by atoms with Crippen molar-refractivity contribution in [3.8, 4) is 0 Å². The lowest BCUT2D eigenvalue weighted by Crippen LogP contribution is -2.41. The lowest BCUT2D eigenvalue weighted by Gasteiger charge is -2.17. The van der Waals surface area contributed by atoms with E-state index in [9.17, 15) is 13.8 Å². The van der Waals surface area contributed by atoms with Crippen LogP contribution in [-0.2, 0) is 24.4 Å². The molecule has 0 radical (unpaired) electrons. The number of hydrogen-bond acceptors (Lipinski definition) is 5. The highest BCUT2D eigenvalue weighted by Gasteiger charge is 2.16. The van der Waals surface area contributed by atoms with Crippen LogP contribution in [0.3, 0.4) is 0 Å². The van der Waals surface area contributed by atoms with Crippen molar-refractivity contribution in [2.75, 3.05) is 23.9 Å². The highest BCUT2D eigenvalue weighted by Crippen LogP contribution is 2.12. The average molecular weight is 316 g/mol. The SMILES string of the molecule is CCCCn1c(N)c(NCC(C)S(C)=O)c(=O)n(C)c1=O. The van der Waals surface area contributed by atoms with Gasteiger partial charge in [-0.15, -0.1) is 0 Å². The van der Waals surface area contributed by atoms with E-state index in [0.29, 0.717) is 13.1 Å². The minimum atomic E-state index is -0.998. The van der Waals surface area contributed by atoms with E-state index < -0.39 is 22.0 Å². The third kappa shape index (κ3) is 3.96. The number of nitrogen functional groups attached to an aromatic ring is 1. The van der Waals surface area contributed by atoms with E-state index in [-0.39, 0.29) is 16.8 Å². The zero-order chi connectivity index (χ0) is 16.2.